The van der Waals surface area contributed by atoms with Gasteiger partial charge in [0.05, 0.1) is 55.8 Å². The number of aromatic nitrogens is 6. The third kappa shape index (κ3) is 30.2. The predicted octanol–water partition coefficient (Wildman–Crippen LogP) is -5.79. The highest BCUT2D eigenvalue weighted by Crippen LogP contribution is 2.22. The minimum atomic E-state index is -1.85. The van der Waals surface area contributed by atoms with Crippen LogP contribution in [0.3, 0.4) is 0 Å². The Balaban J connectivity index is 1.18. The fraction of sp³-hybridized carbons (Fsp3) is 0.397. The summed E-state index contributed by atoms with van der Waals surface area (Å²) >= 11 is 0.795. The Bertz CT molecular complexity index is 4740. The van der Waals surface area contributed by atoms with E-state index in [1.165, 1.54) is 66.4 Å². The number of carbonyl (C=O) groups excluding carboxylic acids is 14. The van der Waals surface area contributed by atoms with Crippen LogP contribution in [0.5, 0.6) is 5.75 Å². The van der Waals surface area contributed by atoms with Crippen LogP contribution in [0.2, 0.25) is 0 Å². The van der Waals surface area contributed by atoms with Gasteiger partial charge < -0.3 is 122 Å². The van der Waals surface area contributed by atoms with Gasteiger partial charge in [-0.3, -0.25) is 77.9 Å². The summed E-state index contributed by atoms with van der Waals surface area (Å²) in [7, 11) is 1.59. The molecule has 1 aliphatic heterocycles. The molecular weight excluding hydrogens is 1590 g/mol. The summed E-state index contributed by atoms with van der Waals surface area (Å²) < 4.78 is 1.53. The molecule has 11 atom stereocenters. The van der Waals surface area contributed by atoms with E-state index in [-0.39, 0.29) is 94.4 Å². The molecule has 0 radical (unpaired) electrons. The molecule has 0 bridgehead atoms. The quantitative estimate of drug-likeness (QED) is 0.0144. The lowest BCUT2D eigenvalue weighted by Gasteiger charge is -2.28. The molecule has 646 valence electrons. The second-order valence-electron chi connectivity index (χ2n) is 28.4. The van der Waals surface area contributed by atoms with E-state index in [4.69, 9.17) is 28.0 Å². The molecule has 8 rings (SSSR count). The summed E-state index contributed by atoms with van der Waals surface area (Å²) in [5, 5.41) is 76.9. The molecule has 121 heavy (non-hydrogen) atoms. The molecule has 14 amide bonds. The number of guanidine groups is 2. The predicted molar refractivity (Wildman–Crippen MR) is 441 cm³/mol. The number of benzene rings is 4. The van der Waals surface area contributed by atoms with Gasteiger partial charge in [0.1, 0.15) is 72.2 Å². The third-order valence-electron chi connectivity index (χ3n) is 19.2. The van der Waals surface area contributed by atoms with Gasteiger partial charge in [0, 0.05) is 88.7 Å². The number of amides is 14. The molecule has 42 nitrogen and oxygen atoms in total. The van der Waals surface area contributed by atoms with E-state index < -0.39 is 199 Å². The summed E-state index contributed by atoms with van der Waals surface area (Å²) in [6.45, 7) is -1.22. The molecule has 7 aromatic rings. The van der Waals surface area contributed by atoms with Gasteiger partial charge in [-0.15, -0.1) is 11.8 Å². The maximum absolute atomic E-state index is 15.1. The molecule has 43 heteroatoms. The fourth-order valence-corrected chi connectivity index (χ4v) is 13.7. The van der Waals surface area contributed by atoms with Crippen molar-refractivity contribution in [3.8, 4) is 5.75 Å². The van der Waals surface area contributed by atoms with Gasteiger partial charge >= 0.3 is 0 Å². The number of aryl methyl sites for hydroxylation is 1. The number of aliphatic hydroxyl groups is 1. The zero-order chi connectivity index (χ0) is 87.5. The van der Waals surface area contributed by atoms with Crippen LogP contribution < -0.4 is 97.0 Å². The molecule has 1 aliphatic rings. The number of imidazole rings is 3. The van der Waals surface area contributed by atoms with E-state index >= 15 is 19.2 Å². The van der Waals surface area contributed by atoms with E-state index in [1.54, 1.807) is 74.6 Å². The lowest BCUT2D eigenvalue weighted by atomic mass is 9.97. The van der Waals surface area contributed by atoms with E-state index in [2.05, 4.69) is 105 Å². The van der Waals surface area contributed by atoms with Crippen molar-refractivity contribution in [2.75, 3.05) is 44.3 Å². The number of carbonyl (C=O) groups is 14. The number of hydrogen-bond donors (Lipinski definition) is 24. The van der Waals surface area contributed by atoms with Crippen LogP contribution in [0.1, 0.15) is 72.8 Å². The molecule has 27 N–H and O–H groups in total. The number of phenols is 1. The van der Waals surface area contributed by atoms with E-state index in [9.17, 15) is 58.2 Å². The van der Waals surface area contributed by atoms with Crippen LogP contribution in [-0.2, 0) is 113 Å². The van der Waals surface area contributed by atoms with Crippen molar-refractivity contribution in [3.05, 3.63) is 168 Å². The number of H-pyrrole nitrogens is 2. The first kappa shape index (κ1) is 92.5. The molecule has 0 aliphatic carbocycles. The van der Waals surface area contributed by atoms with Crippen LogP contribution in [0, 0.1) is 10.8 Å². The van der Waals surface area contributed by atoms with Gasteiger partial charge in [-0.1, -0.05) is 91.9 Å². The maximum atomic E-state index is 15.1. The maximum Gasteiger partial charge on any atom is 0.245 e. The average Bonchev–Trinajstić information content (AvgIpc) is 1.54. The van der Waals surface area contributed by atoms with Crippen LogP contribution in [0.4, 0.5) is 0 Å². The number of thioether (sulfide) groups is 1. The number of fused-ring (bicyclic) bond motifs is 1. The second-order valence-corrected chi connectivity index (χ2v) is 29.4. The van der Waals surface area contributed by atoms with Gasteiger partial charge in [-0.05, 0) is 71.7 Å². The number of nitrogens with two attached hydrogens (primary N) is 3. The van der Waals surface area contributed by atoms with Gasteiger partial charge in [-0.2, -0.15) is 0 Å². The van der Waals surface area contributed by atoms with Crippen molar-refractivity contribution in [2.45, 2.75) is 144 Å². The highest BCUT2D eigenvalue weighted by molar-refractivity contribution is 8.00. The summed E-state index contributed by atoms with van der Waals surface area (Å²) in [6, 6.07) is 8.85. The molecule has 4 heterocycles. The Kier molecular flexibility index (Phi) is 35.8. The van der Waals surface area contributed by atoms with Gasteiger partial charge in [0.2, 0.25) is 82.7 Å². The molecule has 4 aromatic carbocycles. The zero-order valence-electron chi connectivity index (χ0n) is 66.3. The fourth-order valence-electron chi connectivity index (χ4n) is 12.8. The summed E-state index contributed by atoms with van der Waals surface area (Å²) in [6.07, 6.45) is 5.84. The van der Waals surface area contributed by atoms with E-state index in [1.807, 2.05) is 12.1 Å². The topological polar surface area (TPSA) is 661 Å². The number of phenolic OH excluding ortho intramolecular Hbond substituents is 1. The van der Waals surface area contributed by atoms with Crippen molar-refractivity contribution < 1.29 is 77.3 Å². The zero-order valence-corrected chi connectivity index (χ0v) is 67.1. The van der Waals surface area contributed by atoms with E-state index in [0.717, 1.165) is 17.1 Å². The van der Waals surface area contributed by atoms with Crippen molar-refractivity contribution in [1.82, 2.24) is 109 Å². The summed E-state index contributed by atoms with van der Waals surface area (Å²) in [4.78, 5) is 221. The largest absolute Gasteiger partial charge is 0.508 e. The highest BCUT2D eigenvalue weighted by Gasteiger charge is 2.38. The van der Waals surface area contributed by atoms with Gasteiger partial charge in [0.15, 0.2) is 11.9 Å². The lowest BCUT2D eigenvalue weighted by molar-refractivity contribution is -0.136. The first-order chi connectivity index (χ1) is 58.0. The molecule has 3 aromatic heterocycles. The number of primary amides is 1. The molecule has 1 saturated heterocycles. The van der Waals surface area contributed by atoms with Gasteiger partial charge in [0.25, 0.3) is 0 Å². The summed E-state index contributed by atoms with van der Waals surface area (Å²) in [5.41, 5.74) is 18.9. The lowest BCUT2D eigenvalue weighted by Crippen LogP contribution is -2.61. The number of aromatic hydroxyl groups is 1. The monoisotopic (exact) mass is 1690 g/mol. The summed E-state index contributed by atoms with van der Waals surface area (Å²) in [5.74, 6) is -15.8. The Morgan fingerprint density at radius 1 is 0.512 bits per heavy atom. The molecule has 0 unspecified atom stereocenters. The minimum absolute atomic E-state index is 0.00411. The number of nitrogens with one attached hydrogen (secondary N) is 19. The van der Waals surface area contributed by atoms with Crippen molar-refractivity contribution in [3.63, 3.8) is 0 Å². The number of nitrogens with zero attached hydrogens (tertiary/aromatic N) is 4. The normalized spacial score (nSPS) is 21.7. The smallest absolute Gasteiger partial charge is 0.245 e. The number of hydrogen-bond acceptors (Lipinski definition) is 22. The molecule has 0 saturated carbocycles. The minimum Gasteiger partial charge on any atom is -0.508 e. The molecule has 0 spiro atoms. The Hall–Kier alpha value is -14.0. The van der Waals surface area contributed by atoms with Crippen molar-refractivity contribution in [1.29, 1.82) is 10.8 Å². The molecular formula is C78H102N26O16S. The Morgan fingerprint density at radius 2 is 0.975 bits per heavy atom. The van der Waals surface area contributed by atoms with Crippen LogP contribution in [0.15, 0.2) is 135 Å². The van der Waals surface area contributed by atoms with E-state index in [0.29, 0.717) is 27.8 Å². The third-order valence-corrected chi connectivity index (χ3v) is 20.2. The number of aromatic amines is 2. The van der Waals surface area contributed by atoms with Crippen LogP contribution in [-0.4, -0.2) is 245 Å². The first-order valence-corrected chi connectivity index (χ1v) is 39.9. The van der Waals surface area contributed by atoms with Crippen LogP contribution >= 0.6 is 11.8 Å². The van der Waals surface area contributed by atoms with Crippen LogP contribution in [0.25, 0.3) is 10.8 Å². The SMILES string of the molecule is CC[C@@H]1NC(=O)[C@H](Cc2ccccc2)NC(=O)CSC[C@@H](C(=O)NCC(N)=O)NC(=O)[C@H](Cc2cncn2C)NC(=O)[C@H](CCCNC(=N)N)NC(=O)[C@H](Cc2c[nH]cn2)NC(=O)[C@H](Cc2ccc(O)cc2)NC(=O)[C@H](CCCNC(=N)N)NC(=O)[C@H](CO)NC(=O)CNC(=O)[C@H](Cc2c[nH]cn2)NC(=O)[C@H](Cc2cccc3ccccc23)NC1=O. The second kappa shape index (κ2) is 46.8. The molecule has 1 fully saturated rings. The first-order valence-electron chi connectivity index (χ1n) is 38.7. The Labute approximate surface area is 698 Å². The van der Waals surface area contributed by atoms with Gasteiger partial charge in [-0.25, -0.2) is 15.0 Å². The number of aliphatic hydroxyl groups excluding tert-OH is 1. The average molecular weight is 1690 g/mol. The van der Waals surface area contributed by atoms with Crippen molar-refractivity contribution in [2.24, 2.45) is 24.2 Å². The van der Waals surface area contributed by atoms with Crippen molar-refractivity contribution >= 4 is 117 Å². The standard InChI is InChI=1S/C78H102N26O16S/c1-3-52-68(112)99-57(28-46-16-9-15-45-14-7-8-17-51(45)46)73(117)100-58(29-47-32-84-40-91-47)66(110)90-36-64(108)94-61(37-105)76(120)97-54(19-11-25-88-78(82)83)69(113)98-56(27-44-20-22-50(106)23-21-44)72(116)101-59(30-48-33-85-41-92-48)74(118)96-53(18-10-24-87-77(80)81)70(114)102-60(31-49-34-86-42-104(49)2)75(119)103-62(67(111)89-35-63(79)107)38-121-39-65(109)93-55(71(115)95-52)26-43-12-5-4-6-13-43/h4-9,12-17,20-23,32-34,40-42,52-62,105-106H,3,10-11,18-19,24-31,35-39H2,1-2H3,(H2,79,107)(H,84,91)(H,85,92)(H,89,111)(H,90,110)(H,93,109)(H,94,108)(H,95,115)(H,96,118)(H,97,120)(H,98,113)(H,99,112)(H,100,117)(H,101,116)(H,102,114)(H,103,119)(H4,80,81,87)(H4,82,83,88)/t52-,53-,54-,55-,56-,57-,58-,59-,60-,61-,62-/m0/s1. The number of rotatable bonds is 25. The Morgan fingerprint density at radius 3 is 1.50 bits per heavy atom. The highest BCUT2D eigenvalue weighted by atomic mass is 32.2.